The van der Waals surface area contributed by atoms with Crippen LogP contribution < -0.4 is 15.4 Å². The Labute approximate surface area is 261 Å². The van der Waals surface area contributed by atoms with Crippen LogP contribution in [0.5, 0.6) is 5.75 Å². The number of nitrogens with one attached hydrogen (secondary N) is 2. The largest absolute Gasteiger partial charge is 0.497 e. The Morgan fingerprint density at radius 3 is 2.64 bits per heavy atom. The highest BCUT2D eigenvalue weighted by molar-refractivity contribution is 7.89. The topological polar surface area (TPSA) is 117 Å². The summed E-state index contributed by atoms with van der Waals surface area (Å²) < 4.78 is 76.8. The third-order valence-corrected chi connectivity index (χ3v) is 10.3. The highest BCUT2D eigenvalue weighted by Gasteiger charge is 2.38. The van der Waals surface area contributed by atoms with Crippen LogP contribution in [0.4, 0.5) is 13.2 Å². The molecule has 0 unspecified atom stereocenters. The minimum atomic E-state index is -4.67. The van der Waals surface area contributed by atoms with Gasteiger partial charge in [0.1, 0.15) is 11.8 Å². The SMILES string of the molecule is COc1ccc2c(c1)[C@H]1C[C@@H]2OCCCC[C@@H](N(C)S(=O)(=O)CCC(F)(F)F)C(=O)N[C@@H](Cc2cccc(Cl)c2)[C@H](O)CN1. The van der Waals surface area contributed by atoms with Crippen molar-refractivity contribution in [2.75, 3.05) is 33.1 Å². The maximum atomic E-state index is 13.7. The molecule has 2 bridgehead atoms. The van der Waals surface area contributed by atoms with Crippen molar-refractivity contribution < 1.29 is 41.0 Å². The molecule has 0 spiro atoms. The Morgan fingerprint density at radius 1 is 1.16 bits per heavy atom. The molecule has 0 saturated carbocycles. The van der Waals surface area contributed by atoms with E-state index in [9.17, 15) is 31.5 Å². The second kappa shape index (κ2) is 14.8. The molecular formula is C30H39ClF3N3O6S. The van der Waals surface area contributed by atoms with Gasteiger partial charge in [0.05, 0.1) is 37.5 Å². The number of sulfonamides is 1. The minimum absolute atomic E-state index is 0.0518. The number of fused-ring (bicyclic) bond motifs is 5. The van der Waals surface area contributed by atoms with Crippen LogP contribution in [0.25, 0.3) is 0 Å². The fourth-order valence-corrected chi connectivity index (χ4v) is 7.28. The standard InChI is InChI=1S/C30H39ClF3N3O6S/c1-37(44(40,41)13-11-30(32,33)34)26-8-3-4-12-43-28-17-24(23-16-21(42-2)9-10-22(23)28)35-18-27(38)25(36-29(26)39)15-19-6-5-7-20(31)14-19/h5-7,9-10,14,16,24-28,35,38H,3-4,8,11-13,15,17-18H2,1-2H3,(H,36,39)/t24-,25+,26-,27-,28+/m1/s1. The molecule has 244 valence electrons. The molecule has 44 heavy (non-hydrogen) atoms. The first-order valence-corrected chi connectivity index (χ1v) is 16.5. The van der Waals surface area contributed by atoms with Crippen LogP contribution in [0.15, 0.2) is 42.5 Å². The number of aliphatic hydroxyl groups excluding tert-OH is 1. The number of carbonyl (C=O) groups excluding carboxylic acids is 1. The lowest BCUT2D eigenvalue weighted by atomic mass is 9.99. The number of β-amino-alcohol motifs (C(OH)–C–C–N with tert-alkyl or cyclic N) is 1. The van der Waals surface area contributed by atoms with E-state index in [1.54, 1.807) is 31.4 Å². The molecule has 2 aliphatic rings. The van der Waals surface area contributed by atoms with Crippen LogP contribution in [0.2, 0.25) is 5.02 Å². The van der Waals surface area contributed by atoms with Crippen LogP contribution >= 0.6 is 11.6 Å². The van der Waals surface area contributed by atoms with E-state index in [4.69, 9.17) is 21.1 Å². The van der Waals surface area contributed by atoms with Crippen LogP contribution in [-0.2, 0) is 26.0 Å². The molecule has 1 heterocycles. The van der Waals surface area contributed by atoms with Gasteiger partial charge in [0.25, 0.3) is 0 Å². The van der Waals surface area contributed by atoms with Crippen molar-refractivity contribution in [1.82, 2.24) is 14.9 Å². The first-order valence-electron chi connectivity index (χ1n) is 14.6. The van der Waals surface area contributed by atoms with E-state index in [1.807, 2.05) is 18.2 Å². The van der Waals surface area contributed by atoms with E-state index in [2.05, 4.69) is 10.6 Å². The summed E-state index contributed by atoms with van der Waals surface area (Å²) in [6.45, 7) is 0.408. The van der Waals surface area contributed by atoms with Crippen molar-refractivity contribution >= 4 is 27.5 Å². The third kappa shape index (κ3) is 9.07. The number of amides is 1. The van der Waals surface area contributed by atoms with Gasteiger partial charge in [0.15, 0.2) is 0 Å². The highest BCUT2D eigenvalue weighted by Crippen LogP contribution is 2.42. The summed E-state index contributed by atoms with van der Waals surface area (Å²) in [6.07, 6.45) is -5.83. The smallest absolute Gasteiger partial charge is 0.390 e. The van der Waals surface area contributed by atoms with Gasteiger partial charge in [-0.15, -0.1) is 0 Å². The predicted molar refractivity (Wildman–Crippen MR) is 160 cm³/mol. The van der Waals surface area contributed by atoms with Gasteiger partial charge in [0, 0.05) is 31.3 Å². The Hall–Kier alpha value is -2.42. The average Bonchev–Trinajstić information content (AvgIpc) is 3.31. The fraction of sp³-hybridized carbons (Fsp3) is 0.567. The number of aliphatic hydroxyl groups is 1. The van der Waals surface area contributed by atoms with Crippen molar-refractivity contribution in [3.63, 3.8) is 0 Å². The van der Waals surface area contributed by atoms with Crippen LogP contribution in [0, 0.1) is 0 Å². The molecule has 1 saturated heterocycles. The number of methoxy groups -OCH3 is 1. The monoisotopic (exact) mass is 661 g/mol. The maximum absolute atomic E-state index is 13.7. The van der Waals surface area contributed by atoms with Gasteiger partial charge < -0.3 is 25.2 Å². The van der Waals surface area contributed by atoms with Gasteiger partial charge >= 0.3 is 6.18 Å². The van der Waals surface area contributed by atoms with Gasteiger partial charge in [-0.2, -0.15) is 17.5 Å². The number of nitrogens with zero attached hydrogens (tertiary/aromatic N) is 1. The molecule has 1 fully saturated rings. The molecule has 1 aliphatic carbocycles. The predicted octanol–water partition coefficient (Wildman–Crippen LogP) is 4.30. The molecule has 0 aromatic heterocycles. The van der Waals surface area contributed by atoms with Gasteiger partial charge in [-0.1, -0.05) is 29.8 Å². The molecule has 14 heteroatoms. The number of ether oxygens (including phenoxy) is 2. The Bertz CT molecular complexity index is 1400. The summed E-state index contributed by atoms with van der Waals surface area (Å²) in [5.41, 5.74) is 2.73. The van der Waals surface area contributed by atoms with E-state index in [0.717, 1.165) is 28.0 Å². The molecular weight excluding hydrogens is 623 g/mol. The van der Waals surface area contributed by atoms with Crippen molar-refractivity contribution in [3.8, 4) is 5.75 Å². The van der Waals surface area contributed by atoms with E-state index in [-0.39, 0.29) is 31.5 Å². The first kappa shape index (κ1) is 34.5. The zero-order valence-corrected chi connectivity index (χ0v) is 26.2. The first-order chi connectivity index (χ1) is 20.8. The quantitative estimate of drug-likeness (QED) is 0.405. The summed E-state index contributed by atoms with van der Waals surface area (Å²) in [6, 6.07) is 10.4. The van der Waals surface area contributed by atoms with Crippen molar-refractivity contribution in [1.29, 1.82) is 0 Å². The summed E-state index contributed by atoms with van der Waals surface area (Å²) in [5, 5.41) is 18.1. The number of hydrogen-bond donors (Lipinski definition) is 3. The van der Waals surface area contributed by atoms with Gasteiger partial charge in [-0.3, -0.25) is 4.79 Å². The van der Waals surface area contributed by atoms with Gasteiger partial charge in [0.2, 0.25) is 15.9 Å². The average molecular weight is 662 g/mol. The normalized spacial score (nSPS) is 25.5. The third-order valence-electron chi connectivity index (χ3n) is 8.19. The lowest BCUT2D eigenvalue weighted by molar-refractivity contribution is -0.130. The molecule has 5 atom stereocenters. The lowest BCUT2D eigenvalue weighted by Crippen LogP contribution is -2.55. The minimum Gasteiger partial charge on any atom is -0.497 e. The van der Waals surface area contributed by atoms with Crippen molar-refractivity contribution in [2.45, 2.75) is 75.0 Å². The lowest BCUT2D eigenvalue weighted by Gasteiger charge is -2.31. The number of halogens is 4. The van der Waals surface area contributed by atoms with Crippen LogP contribution in [0.3, 0.4) is 0 Å². The fourth-order valence-electron chi connectivity index (χ4n) is 5.71. The summed E-state index contributed by atoms with van der Waals surface area (Å²) in [5.74, 6) is -1.19. The van der Waals surface area contributed by atoms with Gasteiger partial charge in [-0.25, -0.2) is 8.42 Å². The van der Waals surface area contributed by atoms with E-state index < -0.39 is 52.5 Å². The molecule has 0 radical (unpaired) electrons. The van der Waals surface area contributed by atoms with E-state index >= 15 is 0 Å². The molecule has 3 N–H and O–H groups in total. The molecule has 2 aromatic carbocycles. The highest BCUT2D eigenvalue weighted by atomic mass is 35.5. The zero-order valence-electron chi connectivity index (χ0n) is 24.6. The molecule has 4 rings (SSSR count). The number of benzene rings is 2. The summed E-state index contributed by atoms with van der Waals surface area (Å²) in [4.78, 5) is 13.7. The number of hydrogen-bond acceptors (Lipinski definition) is 7. The second-order valence-corrected chi connectivity index (χ2v) is 13.9. The second-order valence-electron chi connectivity index (χ2n) is 11.3. The molecule has 9 nitrogen and oxygen atoms in total. The Kier molecular flexibility index (Phi) is 11.6. The van der Waals surface area contributed by atoms with E-state index in [0.29, 0.717) is 36.6 Å². The van der Waals surface area contributed by atoms with Crippen molar-refractivity contribution in [3.05, 3.63) is 64.2 Å². The summed E-state index contributed by atoms with van der Waals surface area (Å²) in [7, 11) is -1.73. The number of rotatable bonds is 7. The van der Waals surface area contributed by atoms with Crippen LogP contribution in [0.1, 0.15) is 60.9 Å². The molecule has 1 amide bonds. The summed E-state index contributed by atoms with van der Waals surface area (Å²) >= 11 is 6.18. The van der Waals surface area contributed by atoms with Crippen molar-refractivity contribution in [2.24, 2.45) is 0 Å². The molecule has 1 aliphatic heterocycles. The van der Waals surface area contributed by atoms with Crippen LogP contribution in [-0.4, -0.2) is 81.2 Å². The number of alkyl halides is 3. The number of likely N-dealkylation sites (N-methyl/N-ethyl adjacent to an activating group) is 1. The van der Waals surface area contributed by atoms with Gasteiger partial charge in [-0.05, 0) is 73.1 Å². The Balaban J connectivity index is 1.62. The molecule has 2 aromatic rings. The Morgan fingerprint density at radius 2 is 1.93 bits per heavy atom. The number of carbonyl (C=O) groups is 1. The zero-order chi connectivity index (χ0) is 32.1. The maximum Gasteiger partial charge on any atom is 0.390 e. The van der Waals surface area contributed by atoms with E-state index in [1.165, 1.54) is 0 Å².